The average molecular weight is 299 g/mol. The molecule has 116 valence electrons. The van der Waals surface area contributed by atoms with Crippen molar-refractivity contribution in [2.75, 3.05) is 25.0 Å². The number of nitrogens with one attached hydrogen (secondary N) is 1. The van der Waals surface area contributed by atoms with E-state index in [9.17, 15) is 0 Å². The van der Waals surface area contributed by atoms with Crippen LogP contribution in [0.3, 0.4) is 0 Å². The lowest BCUT2D eigenvalue weighted by Gasteiger charge is -2.32. The zero-order valence-corrected chi connectivity index (χ0v) is 12.8. The average Bonchev–Trinajstić information content (AvgIpc) is 2.96. The summed E-state index contributed by atoms with van der Waals surface area (Å²) in [6, 6.07) is 4.25. The number of hydrogen-bond donors (Lipinski definition) is 1. The van der Waals surface area contributed by atoms with E-state index in [2.05, 4.69) is 31.9 Å². The molecule has 0 radical (unpaired) electrons. The summed E-state index contributed by atoms with van der Waals surface area (Å²) in [6.45, 7) is 8.72. The van der Waals surface area contributed by atoms with Gasteiger partial charge in [-0.05, 0) is 31.9 Å². The first-order valence-corrected chi connectivity index (χ1v) is 7.62. The van der Waals surface area contributed by atoms with Crippen LogP contribution in [0.4, 0.5) is 5.82 Å². The summed E-state index contributed by atoms with van der Waals surface area (Å²) in [6.07, 6.45) is 5.92. The Morgan fingerprint density at radius 3 is 2.95 bits per heavy atom. The predicted octanol–water partition coefficient (Wildman–Crippen LogP) is 2.50. The third kappa shape index (κ3) is 3.33. The molecule has 6 heteroatoms. The van der Waals surface area contributed by atoms with Crippen LogP contribution in [0.2, 0.25) is 0 Å². The molecule has 2 aromatic heterocycles. The molecular weight excluding hydrogens is 278 g/mol. The lowest BCUT2D eigenvalue weighted by Crippen LogP contribution is -2.39. The van der Waals surface area contributed by atoms with Gasteiger partial charge in [-0.25, -0.2) is 4.98 Å². The normalized spacial score (nSPS) is 16.6. The van der Waals surface area contributed by atoms with Gasteiger partial charge in [-0.1, -0.05) is 11.2 Å². The number of anilines is 1. The first-order chi connectivity index (χ1) is 10.8. The molecule has 1 fully saturated rings. The summed E-state index contributed by atoms with van der Waals surface area (Å²) in [5.74, 6) is 1.95. The number of piperidine rings is 1. The predicted molar refractivity (Wildman–Crippen MR) is 85.5 cm³/mol. The Labute approximate surface area is 130 Å². The highest BCUT2D eigenvalue weighted by Gasteiger charge is 2.20. The van der Waals surface area contributed by atoms with Crippen molar-refractivity contribution in [3.05, 3.63) is 36.8 Å². The summed E-state index contributed by atoms with van der Waals surface area (Å²) in [4.78, 5) is 11.1. The van der Waals surface area contributed by atoms with Crippen molar-refractivity contribution >= 4 is 5.82 Å². The van der Waals surface area contributed by atoms with Crippen molar-refractivity contribution in [1.82, 2.24) is 20.0 Å². The molecule has 22 heavy (non-hydrogen) atoms. The van der Waals surface area contributed by atoms with Crippen LogP contribution < -0.4 is 5.32 Å². The maximum absolute atomic E-state index is 5.27. The van der Waals surface area contributed by atoms with Crippen LogP contribution in [0, 0.1) is 6.92 Å². The number of aryl methyl sites for hydroxylation is 1. The highest BCUT2D eigenvalue weighted by atomic mass is 16.5. The fraction of sp³-hybridized carbons (Fsp3) is 0.438. The largest absolute Gasteiger partial charge is 0.367 e. The molecule has 0 amide bonds. The van der Waals surface area contributed by atoms with E-state index in [4.69, 9.17) is 4.52 Å². The number of aromatic nitrogens is 3. The van der Waals surface area contributed by atoms with Crippen molar-refractivity contribution in [1.29, 1.82) is 0 Å². The lowest BCUT2D eigenvalue weighted by molar-refractivity contribution is 0.240. The van der Waals surface area contributed by atoms with Gasteiger partial charge in [0.2, 0.25) is 0 Å². The summed E-state index contributed by atoms with van der Waals surface area (Å²) in [5.41, 5.74) is 0.858. The lowest BCUT2D eigenvalue weighted by atomic mass is 10.0. The molecule has 3 rings (SSSR count). The molecule has 0 saturated carbocycles. The molecule has 1 saturated heterocycles. The summed E-state index contributed by atoms with van der Waals surface area (Å²) in [7, 11) is 0. The van der Waals surface area contributed by atoms with E-state index in [0.717, 1.165) is 43.9 Å². The van der Waals surface area contributed by atoms with Gasteiger partial charge in [0.1, 0.15) is 5.82 Å². The SMILES string of the molecule is C=CCN1CCC(Nc2ncccc2-c2nc(C)no2)CC1. The Kier molecular flexibility index (Phi) is 4.48. The van der Waals surface area contributed by atoms with Gasteiger partial charge in [0, 0.05) is 31.9 Å². The third-order valence-corrected chi connectivity index (χ3v) is 3.88. The van der Waals surface area contributed by atoms with E-state index in [1.165, 1.54) is 0 Å². The number of pyridine rings is 1. The van der Waals surface area contributed by atoms with E-state index in [1.54, 1.807) is 6.20 Å². The Morgan fingerprint density at radius 1 is 1.45 bits per heavy atom. The quantitative estimate of drug-likeness (QED) is 0.856. The van der Waals surface area contributed by atoms with Crippen LogP contribution >= 0.6 is 0 Å². The van der Waals surface area contributed by atoms with Gasteiger partial charge in [-0.15, -0.1) is 6.58 Å². The van der Waals surface area contributed by atoms with Crippen LogP contribution in [0.25, 0.3) is 11.5 Å². The molecule has 2 aromatic rings. The second kappa shape index (κ2) is 6.70. The highest BCUT2D eigenvalue weighted by molar-refractivity contribution is 5.68. The number of hydrogen-bond acceptors (Lipinski definition) is 6. The van der Waals surface area contributed by atoms with E-state index in [-0.39, 0.29) is 0 Å². The Balaban J connectivity index is 1.70. The van der Waals surface area contributed by atoms with Crippen molar-refractivity contribution < 1.29 is 4.52 Å². The second-order valence-corrected chi connectivity index (χ2v) is 5.55. The van der Waals surface area contributed by atoms with Crippen LogP contribution in [0.5, 0.6) is 0 Å². The minimum atomic E-state index is 0.415. The molecule has 0 aromatic carbocycles. The topological polar surface area (TPSA) is 67.1 Å². The van der Waals surface area contributed by atoms with Gasteiger partial charge >= 0.3 is 0 Å². The van der Waals surface area contributed by atoms with E-state index in [1.807, 2.05) is 25.1 Å². The number of likely N-dealkylation sites (tertiary alicyclic amines) is 1. The molecule has 0 unspecified atom stereocenters. The van der Waals surface area contributed by atoms with Crippen LogP contribution in [-0.4, -0.2) is 45.7 Å². The van der Waals surface area contributed by atoms with Gasteiger partial charge in [0.05, 0.1) is 5.56 Å². The number of nitrogens with zero attached hydrogens (tertiary/aromatic N) is 4. The molecule has 0 atom stereocenters. The summed E-state index contributed by atoms with van der Waals surface area (Å²) < 4.78 is 5.27. The molecule has 0 bridgehead atoms. The molecular formula is C16H21N5O. The zero-order chi connectivity index (χ0) is 15.4. The van der Waals surface area contributed by atoms with Gasteiger partial charge in [-0.3, -0.25) is 4.90 Å². The van der Waals surface area contributed by atoms with Gasteiger partial charge < -0.3 is 9.84 Å². The van der Waals surface area contributed by atoms with Crippen molar-refractivity contribution in [3.63, 3.8) is 0 Å². The summed E-state index contributed by atoms with van der Waals surface area (Å²) in [5, 5.41) is 7.38. The maximum atomic E-state index is 5.27. The number of rotatable bonds is 5. The minimum Gasteiger partial charge on any atom is -0.367 e. The highest BCUT2D eigenvalue weighted by Crippen LogP contribution is 2.26. The van der Waals surface area contributed by atoms with E-state index >= 15 is 0 Å². The zero-order valence-electron chi connectivity index (χ0n) is 12.8. The van der Waals surface area contributed by atoms with Crippen molar-refractivity contribution in [2.45, 2.75) is 25.8 Å². The molecule has 6 nitrogen and oxygen atoms in total. The second-order valence-electron chi connectivity index (χ2n) is 5.55. The van der Waals surface area contributed by atoms with Crippen LogP contribution in [0.1, 0.15) is 18.7 Å². The standard InChI is InChI=1S/C16H21N5O/c1-3-9-21-10-6-13(7-11-21)19-15-14(5-4-8-17-15)16-18-12(2)20-22-16/h3-5,8,13H,1,6-7,9-11H2,2H3,(H,17,19). The Bertz CT molecular complexity index is 631. The molecule has 1 aliphatic heterocycles. The van der Waals surface area contributed by atoms with Gasteiger partial charge in [0.15, 0.2) is 5.82 Å². The van der Waals surface area contributed by atoms with Gasteiger partial charge in [-0.2, -0.15) is 4.98 Å². The fourth-order valence-electron chi connectivity index (χ4n) is 2.74. The molecule has 1 N–H and O–H groups in total. The van der Waals surface area contributed by atoms with Crippen molar-refractivity contribution in [2.24, 2.45) is 0 Å². The third-order valence-electron chi connectivity index (χ3n) is 3.88. The first kappa shape index (κ1) is 14.7. The summed E-state index contributed by atoms with van der Waals surface area (Å²) >= 11 is 0. The van der Waals surface area contributed by atoms with E-state index < -0.39 is 0 Å². The molecule has 1 aliphatic rings. The molecule has 3 heterocycles. The van der Waals surface area contributed by atoms with Crippen LogP contribution in [-0.2, 0) is 0 Å². The van der Waals surface area contributed by atoms with Crippen molar-refractivity contribution in [3.8, 4) is 11.5 Å². The smallest absolute Gasteiger partial charge is 0.261 e. The minimum absolute atomic E-state index is 0.415. The van der Waals surface area contributed by atoms with E-state index in [0.29, 0.717) is 17.8 Å². The molecule has 0 aliphatic carbocycles. The fourth-order valence-corrected chi connectivity index (χ4v) is 2.74. The monoisotopic (exact) mass is 299 g/mol. The van der Waals surface area contributed by atoms with Crippen LogP contribution in [0.15, 0.2) is 35.5 Å². The Morgan fingerprint density at radius 2 is 2.27 bits per heavy atom. The first-order valence-electron chi connectivity index (χ1n) is 7.62. The van der Waals surface area contributed by atoms with Gasteiger partial charge in [0.25, 0.3) is 5.89 Å². The Hall–Kier alpha value is -2.21. The maximum Gasteiger partial charge on any atom is 0.261 e. The molecule has 0 spiro atoms.